The molecule has 1 aromatic heterocycles. The molecule has 1 heterocycles. The summed E-state index contributed by atoms with van der Waals surface area (Å²) in [6.45, 7) is 5.25. The quantitative estimate of drug-likeness (QED) is 0.790. The summed E-state index contributed by atoms with van der Waals surface area (Å²) in [5.74, 6) is -0.462. The van der Waals surface area contributed by atoms with Gasteiger partial charge in [-0.15, -0.1) is 0 Å². The number of sulfonamides is 1. The molecule has 0 amide bonds. The number of rotatable bonds is 5. The average Bonchev–Trinajstić information content (AvgIpc) is 2.84. The molecule has 0 N–H and O–H groups in total. The lowest BCUT2D eigenvalue weighted by Crippen LogP contribution is -2.28. The lowest BCUT2D eigenvalue weighted by atomic mass is 10.1. The van der Waals surface area contributed by atoms with Crippen LogP contribution in [0.15, 0.2) is 22.6 Å². The van der Waals surface area contributed by atoms with Crippen molar-refractivity contribution in [2.24, 2.45) is 0 Å². The Hall–Kier alpha value is -2.02. The van der Waals surface area contributed by atoms with Gasteiger partial charge in [0.15, 0.2) is 0 Å². The smallest absolute Gasteiger partial charge is 0.374 e. The van der Waals surface area contributed by atoms with Crippen molar-refractivity contribution in [2.45, 2.75) is 20.8 Å². The Labute approximate surface area is 129 Å². The van der Waals surface area contributed by atoms with Gasteiger partial charge in [-0.25, -0.2) is 13.2 Å². The fourth-order valence-corrected chi connectivity index (χ4v) is 3.12. The Morgan fingerprint density at radius 2 is 2.00 bits per heavy atom. The van der Waals surface area contributed by atoms with E-state index in [1.54, 1.807) is 39.0 Å². The lowest BCUT2D eigenvalue weighted by molar-refractivity contribution is 0.0491. The van der Waals surface area contributed by atoms with Gasteiger partial charge in [0.1, 0.15) is 5.58 Å². The fraction of sp³-hybridized carbons (Fsp3) is 0.400. The molecular weight excluding hydrogens is 306 g/mol. The van der Waals surface area contributed by atoms with E-state index in [1.807, 2.05) is 0 Å². The zero-order chi connectivity index (χ0) is 16.5. The molecule has 0 saturated carbocycles. The van der Waals surface area contributed by atoms with Gasteiger partial charge in [0.05, 0.1) is 18.0 Å². The first-order chi connectivity index (χ1) is 10.3. The van der Waals surface area contributed by atoms with Crippen LogP contribution in [0.2, 0.25) is 0 Å². The van der Waals surface area contributed by atoms with Crippen LogP contribution in [0.3, 0.4) is 0 Å². The maximum atomic E-state index is 12.1. The molecular formula is C15H19NO5S. The number of hydrogen-bond donors (Lipinski definition) is 0. The third-order valence-electron chi connectivity index (χ3n) is 3.51. The van der Waals surface area contributed by atoms with E-state index >= 15 is 0 Å². The Morgan fingerprint density at radius 3 is 2.59 bits per heavy atom. The highest BCUT2D eigenvalue weighted by atomic mass is 32.2. The van der Waals surface area contributed by atoms with Gasteiger partial charge in [-0.05, 0) is 32.9 Å². The van der Waals surface area contributed by atoms with Crippen LogP contribution in [0.25, 0.3) is 11.0 Å². The van der Waals surface area contributed by atoms with E-state index in [0.717, 1.165) is 0 Å². The van der Waals surface area contributed by atoms with E-state index in [0.29, 0.717) is 22.2 Å². The molecule has 6 nitrogen and oxygen atoms in total. The van der Waals surface area contributed by atoms with Gasteiger partial charge < -0.3 is 9.15 Å². The van der Waals surface area contributed by atoms with Gasteiger partial charge >= 0.3 is 5.97 Å². The molecule has 0 fully saturated rings. The number of furan rings is 1. The van der Waals surface area contributed by atoms with E-state index in [-0.39, 0.29) is 18.1 Å². The molecule has 0 saturated heterocycles. The number of benzene rings is 1. The summed E-state index contributed by atoms with van der Waals surface area (Å²) in [5, 5.41) is 0.602. The summed E-state index contributed by atoms with van der Waals surface area (Å²) in [6.07, 6.45) is 0. The molecule has 7 heteroatoms. The van der Waals surface area contributed by atoms with Crippen molar-refractivity contribution in [3.63, 3.8) is 0 Å². The first kappa shape index (κ1) is 16.4. The van der Waals surface area contributed by atoms with E-state index in [4.69, 9.17) is 9.15 Å². The molecule has 2 rings (SSSR count). The molecule has 22 heavy (non-hydrogen) atoms. The fourth-order valence-electron chi connectivity index (χ4n) is 2.28. The molecule has 0 radical (unpaired) electrons. The highest BCUT2D eigenvalue weighted by Crippen LogP contribution is 2.34. The molecule has 0 aliphatic carbocycles. The van der Waals surface area contributed by atoms with Crippen molar-refractivity contribution in [3.05, 3.63) is 29.5 Å². The second kappa shape index (κ2) is 6.00. The van der Waals surface area contributed by atoms with Crippen molar-refractivity contribution in [1.82, 2.24) is 0 Å². The maximum Gasteiger partial charge on any atom is 0.374 e. The summed E-state index contributed by atoms with van der Waals surface area (Å²) >= 11 is 0. The first-order valence-electron chi connectivity index (χ1n) is 6.99. The summed E-state index contributed by atoms with van der Waals surface area (Å²) in [6, 6.07) is 5.07. The van der Waals surface area contributed by atoms with Gasteiger partial charge in [-0.2, -0.15) is 0 Å². The van der Waals surface area contributed by atoms with Gasteiger partial charge in [0.2, 0.25) is 15.8 Å². The van der Waals surface area contributed by atoms with Crippen molar-refractivity contribution < 1.29 is 22.4 Å². The zero-order valence-electron chi connectivity index (χ0n) is 13.0. The lowest BCUT2D eigenvalue weighted by Gasteiger charge is -2.19. The molecule has 1 aromatic carbocycles. The van der Waals surface area contributed by atoms with Crippen molar-refractivity contribution >= 4 is 32.6 Å². The van der Waals surface area contributed by atoms with Crippen LogP contribution < -0.4 is 4.31 Å². The SMILES string of the molecule is CCOC(=O)c1oc2cccc(N(C)S(=O)(=O)CC)c2c1C. The number of carbonyl (C=O) groups excluding carboxylic acids is 1. The zero-order valence-corrected chi connectivity index (χ0v) is 13.9. The third-order valence-corrected chi connectivity index (χ3v) is 5.27. The Kier molecular flexibility index (Phi) is 4.46. The van der Waals surface area contributed by atoms with Crippen LogP contribution in [-0.2, 0) is 14.8 Å². The summed E-state index contributed by atoms with van der Waals surface area (Å²) in [4.78, 5) is 11.9. The second-order valence-corrected chi connectivity index (χ2v) is 7.08. The monoisotopic (exact) mass is 325 g/mol. The Bertz CT molecular complexity index is 807. The van der Waals surface area contributed by atoms with Gasteiger partial charge in [-0.1, -0.05) is 6.07 Å². The van der Waals surface area contributed by atoms with E-state index in [2.05, 4.69) is 0 Å². The van der Waals surface area contributed by atoms with Crippen LogP contribution >= 0.6 is 0 Å². The van der Waals surface area contributed by atoms with Crippen molar-refractivity contribution in [2.75, 3.05) is 23.7 Å². The Morgan fingerprint density at radius 1 is 1.32 bits per heavy atom. The number of fused-ring (bicyclic) bond motifs is 1. The predicted octanol–water partition coefficient (Wildman–Crippen LogP) is 2.70. The molecule has 0 spiro atoms. The van der Waals surface area contributed by atoms with Crippen molar-refractivity contribution in [1.29, 1.82) is 0 Å². The number of nitrogens with zero attached hydrogens (tertiary/aromatic N) is 1. The summed E-state index contributed by atoms with van der Waals surface area (Å²) in [5.41, 5.74) is 1.51. The summed E-state index contributed by atoms with van der Waals surface area (Å²) < 4.78 is 35.9. The number of ether oxygens (including phenoxy) is 1. The van der Waals surface area contributed by atoms with Crippen LogP contribution in [0.4, 0.5) is 5.69 Å². The Balaban J connectivity index is 2.66. The highest BCUT2D eigenvalue weighted by molar-refractivity contribution is 7.92. The van der Waals surface area contributed by atoms with Gasteiger partial charge in [0, 0.05) is 18.0 Å². The van der Waals surface area contributed by atoms with Crippen LogP contribution in [0, 0.1) is 6.92 Å². The number of esters is 1. The maximum absolute atomic E-state index is 12.1. The van der Waals surface area contributed by atoms with Crippen LogP contribution in [-0.4, -0.2) is 33.8 Å². The molecule has 0 aliphatic heterocycles. The van der Waals surface area contributed by atoms with E-state index in [1.165, 1.54) is 11.4 Å². The predicted molar refractivity (Wildman–Crippen MR) is 84.8 cm³/mol. The third kappa shape index (κ3) is 2.68. The normalized spacial score (nSPS) is 11.6. The number of carbonyl (C=O) groups is 1. The molecule has 2 aromatic rings. The highest BCUT2D eigenvalue weighted by Gasteiger charge is 2.24. The topological polar surface area (TPSA) is 76.8 Å². The van der Waals surface area contributed by atoms with E-state index < -0.39 is 16.0 Å². The largest absolute Gasteiger partial charge is 0.460 e. The summed E-state index contributed by atoms with van der Waals surface area (Å²) in [7, 11) is -1.92. The van der Waals surface area contributed by atoms with Gasteiger partial charge in [-0.3, -0.25) is 4.31 Å². The standard InChI is InChI=1S/C15H19NO5S/c1-5-20-15(17)14-10(3)13-11(8-7-9-12(13)21-14)16(4)22(18,19)6-2/h7-9H,5-6H2,1-4H3. The number of hydrogen-bond acceptors (Lipinski definition) is 5. The molecule has 0 aliphatic rings. The van der Waals surface area contributed by atoms with E-state index in [9.17, 15) is 13.2 Å². The first-order valence-corrected chi connectivity index (χ1v) is 8.60. The van der Waals surface area contributed by atoms with Crippen LogP contribution in [0.5, 0.6) is 0 Å². The van der Waals surface area contributed by atoms with Crippen LogP contribution in [0.1, 0.15) is 30.0 Å². The minimum atomic E-state index is -3.41. The molecule has 0 bridgehead atoms. The number of anilines is 1. The van der Waals surface area contributed by atoms with Gasteiger partial charge in [0.25, 0.3) is 0 Å². The molecule has 0 atom stereocenters. The molecule has 0 unspecified atom stereocenters. The number of aryl methyl sites for hydroxylation is 1. The minimum Gasteiger partial charge on any atom is -0.460 e. The second-order valence-electron chi connectivity index (χ2n) is 4.79. The van der Waals surface area contributed by atoms with Crippen molar-refractivity contribution in [3.8, 4) is 0 Å². The molecule has 120 valence electrons. The average molecular weight is 325 g/mol. The minimum absolute atomic E-state index is 0.0124.